The van der Waals surface area contributed by atoms with Gasteiger partial charge in [0.25, 0.3) is 0 Å². The molecule has 1 aromatic carbocycles. The summed E-state index contributed by atoms with van der Waals surface area (Å²) in [6, 6.07) is 5.51. The molecule has 3 nitrogen and oxygen atoms in total. The minimum atomic E-state index is -0.549. The maximum Gasteiger partial charge on any atom is 0.0916 e. The summed E-state index contributed by atoms with van der Waals surface area (Å²) in [4.78, 5) is 1.88. The van der Waals surface area contributed by atoms with Crippen LogP contribution in [0.3, 0.4) is 0 Å². The van der Waals surface area contributed by atoms with Gasteiger partial charge in [-0.2, -0.15) is 0 Å². The average Bonchev–Trinajstić information content (AvgIpc) is 2.22. The Balaban J connectivity index is 2.65. The number of hydrogen-bond donors (Lipinski definition) is 2. The molecule has 0 amide bonds. The predicted octanol–water partition coefficient (Wildman–Crippen LogP) is 1.61. The van der Waals surface area contributed by atoms with Crippen LogP contribution in [0, 0.1) is 6.92 Å². The number of aliphatic hydroxyl groups is 2. The standard InChI is InChI=1S/C12H18ClNO2/c1-9-7-10(3-4-11(9)13)12(16)8-14(2)5-6-15/h3-4,7,12,15-16H,5-6,8H2,1-2H3. The Kier molecular flexibility index (Phi) is 5.22. The quantitative estimate of drug-likeness (QED) is 0.826. The van der Waals surface area contributed by atoms with Crippen molar-refractivity contribution in [3.05, 3.63) is 34.3 Å². The van der Waals surface area contributed by atoms with Crippen molar-refractivity contribution >= 4 is 11.6 Å². The minimum absolute atomic E-state index is 0.100. The first kappa shape index (κ1) is 13.5. The second kappa shape index (κ2) is 6.21. The van der Waals surface area contributed by atoms with E-state index >= 15 is 0 Å². The van der Waals surface area contributed by atoms with Crippen molar-refractivity contribution < 1.29 is 10.2 Å². The third-order valence-electron chi connectivity index (χ3n) is 2.53. The zero-order valence-electron chi connectivity index (χ0n) is 9.65. The molecule has 0 radical (unpaired) electrons. The van der Waals surface area contributed by atoms with Crippen molar-refractivity contribution in [3.63, 3.8) is 0 Å². The summed E-state index contributed by atoms with van der Waals surface area (Å²) >= 11 is 5.92. The molecule has 0 heterocycles. The summed E-state index contributed by atoms with van der Waals surface area (Å²) in [7, 11) is 1.86. The molecule has 0 aromatic heterocycles. The molecule has 0 bridgehead atoms. The molecule has 1 atom stereocenters. The fraction of sp³-hybridized carbons (Fsp3) is 0.500. The van der Waals surface area contributed by atoms with E-state index in [4.69, 9.17) is 16.7 Å². The maximum absolute atomic E-state index is 9.97. The highest BCUT2D eigenvalue weighted by Crippen LogP contribution is 2.21. The molecular formula is C12H18ClNO2. The summed E-state index contributed by atoms with van der Waals surface area (Å²) in [6.07, 6.45) is -0.549. The molecule has 0 saturated heterocycles. The lowest BCUT2D eigenvalue weighted by Gasteiger charge is -2.20. The maximum atomic E-state index is 9.97. The summed E-state index contributed by atoms with van der Waals surface area (Å²) < 4.78 is 0. The summed E-state index contributed by atoms with van der Waals surface area (Å²) in [5, 5.41) is 19.4. The van der Waals surface area contributed by atoms with Gasteiger partial charge in [0.05, 0.1) is 12.7 Å². The SMILES string of the molecule is Cc1cc(C(O)CN(C)CCO)ccc1Cl. The van der Waals surface area contributed by atoms with E-state index in [2.05, 4.69) is 0 Å². The van der Waals surface area contributed by atoms with Crippen LogP contribution in [0.4, 0.5) is 0 Å². The Labute approximate surface area is 101 Å². The minimum Gasteiger partial charge on any atom is -0.395 e. The summed E-state index contributed by atoms with van der Waals surface area (Å²) in [5.74, 6) is 0. The molecule has 1 rings (SSSR count). The number of halogens is 1. The van der Waals surface area contributed by atoms with Crippen LogP contribution in [0.5, 0.6) is 0 Å². The van der Waals surface area contributed by atoms with Crippen LogP contribution >= 0.6 is 11.6 Å². The van der Waals surface area contributed by atoms with Crippen LogP contribution in [0.2, 0.25) is 5.02 Å². The van der Waals surface area contributed by atoms with E-state index in [0.29, 0.717) is 18.1 Å². The van der Waals surface area contributed by atoms with Crippen molar-refractivity contribution in [2.75, 3.05) is 26.7 Å². The second-order valence-electron chi connectivity index (χ2n) is 4.01. The molecule has 1 aromatic rings. The van der Waals surface area contributed by atoms with Gasteiger partial charge in [-0.1, -0.05) is 23.7 Å². The van der Waals surface area contributed by atoms with E-state index in [1.807, 2.05) is 31.0 Å². The number of rotatable bonds is 5. The molecule has 0 fully saturated rings. The molecule has 1 unspecified atom stereocenters. The van der Waals surface area contributed by atoms with Gasteiger partial charge in [-0.3, -0.25) is 0 Å². The molecule has 0 spiro atoms. The van der Waals surface area contributed by atoms with Crippen molar-refractivity contribution in [1.29, 1.82) is 0 Å². The third-order valence-corrected chi connectivity index (χ3v) is 2.96. The van der Waals surface area contributed by atoms with Gasteiger partial charge in [0, 0.05) is 18.1 Å². The number of hydrogen-bond acceptors (Lipinski definition) is 3. The van der Waals surface area contributed by atoms with Crippen LogP contribution in [-0.4, -0.2) is 41.9 Å². The summed E-state index contributed by atoms with van der Waals surface area (Å²) in [5.41, 5.74) is 1.81. The fourth-order valence-corrected chi connectivity index (χ4v) is 1.66. The Bertz CT molecular complexity index is 344. The zero-order valence-corrected chi connectivity index (χ0v) is 10.4. The van der Waals surface area contributed by atoms with Gasteiger partial charge in [-0.15, -0.1) is 0 Å². The van der Waals surface area contributed by atoms with Gasteiger partial charge in [-0.25, -0.2) is 0 Å². The molecule has 0 saturated carbocycles. The van der Waals surface area contributed by atoms with Crippen LogP contribution in [0.15, 0.2) is 18.2 Å². The molecule has 2 N–H and O–H groups in total. The van der Waals surface area contributed by atoms with Gasteiger partial charge >= 0.3 is 0 Å². The molecular weight excluding hydrogens is 226 g/mol. The number of benzene rings is 1. The van der Waals surface area contributed by atoms with Gasteiger partial charge in [0.1, 0.15) is 0 Å². The first-order valence-electron chi connectivity index (χ1n) is 5.28. The van der Waals surface area contributed by atoms with Crippen molar-refractivity contribution in [1.82, 2.24) is 4.90 Å². The highest BCUT2D eigenvalue weighted by Gasteiger charge is 2.11. The predicted molar refractivity (Wildman–Crippen MR) is 65.7 cm³/mol. The topological polar surface area (TPSA) is 43.7 Å². The Hall–Kier alpha value is -0.610. The van der Waals surface area contributed by atoms with E-state index in [0.717, 1.165) is 11.1 Å². The largest absolute Gasteiger partial charge is 0.395 e. The lowest BCUT2D eigenvalue weighted by molar-refractivity contribution is 0.115. The van der Waals surface area contributed by atoms with Gasteiger partial charge < -0.3 is 15.1 Å². The number of aliphatic hydroxyl groups excluding tert-OH is 2. The van der Waals surface area contributed by atoms with Crippen molar-refractivity contribution in [2.45, 2.75) is 13.0 Å². The average molecular weight is 244 g/mol. The lowest BCUT2D eigenvalue weighted by atomic mass is 10.1. The normalized spacial score (nSPS) is 13.1. The number of nitrogens with zero attached hydrogens (tertiary/aromatic N) is 1. The Morgan fingerprint density at radius 3 is 2.69 bits per heavy atom. The number of likely N-dealkylation sites (N-methyl/N-ethyl adjacent to an activating group) is 1. The van der Waals surface area contributed by atoms with E-state index in [-0.39, 0.29) is 6.61 Å². The van der Waals surface area contributed by atoms with Crippen molar-refractivity contribution in [2.24, 2.45) is 0 Å². The van der Waals surface area contributed by atoms with Crippen LogP contribution in [0.25, 0.3) is 0 Å². The monoisotopic (exact) mass is 243 g/mol. The number of aryl methyl sites for hydroxylation is 1. The third kappa shape index (κ3) is 3.76. The Morgan fingerprint density at radius 1 is 1.44 bits per heavy atom. The van der Waals surface area contributed by atoms with E-state index in [1.54, 1.807) is 6.07 Å². The van der Waals surface area contributed by atoms with E-state index < -0.39 is 6.10 Å². The van der Waals surface area contributed by atoms with Gasteiger partial charge in [-0.05, 0) is 31.2 Å². The van der Waals surface area contributed by atoms with Gasteiger partial charge in [0.15, 0.2) is 0 Å². The fourth-order valence-electron chi connectivity index (χ4n) is 1.54. The first-order chi connectivity index (χ1) is 7.54. The van der Waals surface area contributed by atoms with Crippen LogP contribution in [-0.2, 0) is 0 Å². The van der Waals surface area contributed by atoms with Crippen LogP contribution < -0.4 is 0 Å². The molecule has 4 heteroatoms. The van der Waals surface area contributed by atoms with Gasteiger partial charge in [0.2, 0.25) is 0 Å². The smallest absolute Gasteiger partial charge is 0.0916 e. The second-order valence-corrected chi connectivity index (χ2v) is 4.42. The molecule has 0 aliphatic carbocycles. The summed E-state index contributed by atoms with van der Waals surface area (Å²) in [6.45, 7) is 3.07. The molecule has 0 aliphatic heterocycles. The molecule has 16 heavy (non-hydrogen) atoms. The Morgan fingerprint density at radius 2 is 2.12 bits per heavy atom. The molecule has 0 aliphatic rings. The zero-order chi connectivity index (χ0) is 12.1. The molecule has 90 valence electrons. The van der Waals surface area contributed by atoms with E-state index in [1.165, 1.54) is 0 Å². The van der Waals surface area contributed by atoms with Crippen LogP contribution in [0.1, 0.15) is 17.2 Å². The first-order valence-corrected chi connectivity index (χ1v) is 5.66. The lowest BCUT2D eigenvalue weighted by Crippen LogP contribution is -2.27. The van der Waals surface area contributed by atoms with E-state index in [9.17, 15) is 5.11 Å². The highest BCUT2D eigenvalue weighted by atomic mass is 35.5. The van der Waals surface area contributed by atoms with Crippen molar-refractivity contribution in [3.8, 4) is 0 Å². The highest BCUT2D eigenvalue weighted by molar-refractivity contribution is 6.31.